The molecule has 78 valence electrons. The normalized spacial score (nSPS) is 23.5. The van der Waals surface area contributed by atoms with Crippen molar-refractivity contribution in [2.24, 2.45) is 0 Å². The second-order valence-corrected chi connectivity index (χ2v) is 4.17. The van der Waals surface area contributed by atoms with E-state index in [2.05, 4.69) is 17.4 Å². The number of carbonyl (C=O) groups excluding carboxylic acids is 1. The third kappa shape index (κ3) is 1.48. The largest absolute Gasteiger partial charge is 0.493 e. The number of amides is 1. The van der Waals surface area contributed by atoms with Crippen molar-refractivity contribution < 1.29 is 9.53 Å². The Bertz CT molecular complexity index is 414. The highest BCUT2D eigenvalue weighted by atomic mass is 16.5. The van der Waals surface area contributed by atoms with E-state index in [0.717, 1.165) is 25.3 Å². The van der Waals surface area contributed by atoms with E-state index >= 15 is 0 Å². The zero-order chi connectivity index (χ0) is 10.3. The van der Waals surface area contributed by atoms with Crippen LogP contribution >= 0.6 is 0 Å². The molecule has 0 aromatic heterocycles. The van der Waals surface area contributed by atoms with E-state index in [1.807, 2.05) is 6.07 Å². The third-order valence-electron chi connectivity index (χ3n) is 3.16. The average molecular weight is 203 g/mol. The number of fused-ring (bicyclic) bond motifs is 1. The second kappa shape index (κ2) is 3.26. The van der Waals surface area contributed by atoms with E-state index < -0.39 is 0 Å². The Hall–Kier alpha value is -1.51. The number of ether oxygens (including phenoxy) is 1. The van der Waals surface area contributed by atoms with Crippen molar-refractivity contribution in [3.8, 4) is 5.75 Å². The summed E-state index contributed by atoms with van der Waals surface area (Å²) in [7, 11) is 0. The van der Waals surface area contributed by atoms with Gasteiger partial charge in [0.15, 0.2) is 0 Å². The molecule has 0 saturated carbocycles. The average Bonchev–Trinajstić information content (AvgIpc) is 2.84. The van der Waals surface area contributed by atoms with Gasteiger partial charge in [0.1, 0.15) is 5.75 Å². The van der Waals surface area contributed by atoms with Crippen molar-refractivity contribution in [3.63, 3.8) is 0 Å². The Morgan fingerprint density at radius 2 is 2.33 bits per heavy atom. The molecule has 1 aromatic carbocycles. The van der Waals surface area contributed by atoms with Gasteiger partial charge in [0, 0.05) is 25.3 Å². The fourth-order valence-corrected chi connectivity index (χ4v) is 2.30. The summed E-state index contributed by atoms with van der Waals surface area (Å²) in [4.78, 5) is 11.1. The molecule has 1 N–H and O–H groups in total. The maximum absolute atomic E-state index is 11.1. The summed E-state index contributed by atoms with van der Waals surface area (Å²) in [5.41, 5.74) is 2.55. The van der Waals surface area contributed by atoms with Gasteiger partial charge in [-0.2, -0.15) is 0 Å². The second-order valence-electron chi connectivity index (χ2n) is 4.17. The van der Waals surface area contributed by atoms with Crippen molar-refractivity contribution in [3.05, 3.63) is 29.3 Å². The van der Waals surface area contributed by atoms with Crippen molar-refractivity contribution in [2.45, 2.75) is 18.8 Å². The standard InChI is InChI=1S/C12H13NO2/c14-12-6-10(7-13-12)8-1-2-11-9(5-8)3-4-15-11/h1-2,5,10H,3-4,6-7H2,(H,13,14)/t10-/m0/s1. The smallest absolute Gasteiger partial charge is 0.220 e. The zero-order valence-electron chi connectivity index (χ0n) is 8.45. The molecule has 0 bridgehead atoms. The summed E-state index contributed by atoms with van der Waals surface area (Å²) in [6.45, 7) is 1.57. The Morgan fingerprint density at radius 3 is 3.13 bits per heavy atom. The number of carbonyl (C=O) groups is 1. The lowest BCUT2D eigenvalue weighted by Gasteiger charge is -2.08. The van der Waals surface area contributed by atoms with Crippen molar-refractivity contribution >= 4 is 5.91 Å². The van der Waals surface area contributed by atoms with E-state index in [9.17, 15) is 4.79 Å². The fourth-order valence-electron chi connectivity index (χ4n) is 2.30. The minimum absolute atomic E-state index is 0.164. The highest BCUT2D eigenvalue weighted by Gasteiger charge is 2.24. The summed E-state index contributed by atoms with van der Waals surface area (Å²) >= 11 is 0. The quantitative estimate of drug-likeness (QED) is 0.745. The lowest BCUT2D eigenvalue weighted by molar-refractivity contribution is -0.119. The number of rotatable bonds is 1. The van der Waals surface area contributed by atoms with Crippen LogP contribution in [-0.2, 0) is 11.2 Å². The van der Waals surface area contributed by atoms with Crippen LogP contribution in [0.15, 0.2) is 18.2 Å². The van der Waals surface area contributed by atoms with E-state index in [4.69, 9.17) is 4.74 Å². The maximum atomic E-state index is 11.1. The monoisotopic (exact) mass is 203 g/mol. The Kier molecular flexibility index (Phi) is 1.91. The van der Waals surface area contributed by atoms with Gasteiger partial charge in [-0.1, -0.05) is 12.1 Å². The van der Waals surface area contributed by atoms with Gasteiger partial charge in [-0.15, -0.1) is 0 Å². The van der Waals surface area contributed by atoms with Crippen molar-refractivity contribution in [1.29, 1.82) is 0 Å². The molecule has 1 amide bonds. The molecule has 0 unspecified atom stereocenters. The molecule has 0 aliphatic carbocycles. The van der Waals surface area contributed by atoms with E-state index in [-0.39, 0.29) is 5.91 Å². The van der Waals surface area contributed by atoms with Gasteiger partial charge in [0.25, 0.3) is 0 Å². The molecular weight excluding hydrogens is 190 g/mol. The van der Waals surface area contributed by atoms with Crippen LogP contribution in [0.25, 0.3) is 0 Å². The van der Waals surface area contributed by atoms with Crippen LogP contribution in [0, 0.1) is 0 Å². The molecule has 3 heteroatoms. The number of hydrogen-bond donors (Lipinski definition) is 1. The molecule has 0 spiro atoms. The summed E-state index contributed by atoms with van der Waals surface area (Å²) in [5, 5.41) is 2.87. The summed E-state index contributed by atoms with van der Waals surface area (Å²) < 4.78 is 5.45. The third-order valence-corrected chi connectivity index (χ3v) is 3.16. The number of hydrogen-bond acceptors (Lipinski definition) is 2. The van der Waals surface area contributed by atoms with Gasteiger partial charge < -0.3 is 10.1 Å². The lowest BCUT2D eigenvalue weighted by atomic mass is 9.96. The number of nitrogens with one attached hydrogen (secondary N) is 1. The molecule has 15 heavy (non-hydrogen) atoms. The highest BCUT2D eigenvalue weighted by molar-refractivity contribution is 5.79. The zero-order valence-corrected chi connectivity index (χ0v) is 8.45. The van der Waals surface area contributed by atoms with E-state index in [1.54, 1.807) is 0 Å². The van der Waals surface area contributed by atoms with E-state index in [1.165, 1.54) is 11.1 Å². The van der Waals surface area contributed by atoms with Crippen LogP contribution in [0.1, 0.15) is 23.5 Å². The Balaban J connectivity index is 1.89. The molecule has 2 aliphatic heterocycles. The van der Waals surface area contributed by atoms with Gasteiger partial charge >= 0.3 is 0 Å². The maximum Gasteiger partial charge on any atom is 0.220 e. The van der Waals surface area contributed by atoms with Crippen molar-refractivity contribution in [2.75, 3.05) is 13.2 Å². The van der Waals surface area contributed by atoms with Crippen LogP contribution < -0.4 is 10.1 Å². The molecule has 0 radical (unpaired) electrons. The van der Waals surface area contributed by atoms with Gasteiger partial charge in [0.2, 0.25) is 5.91 Å². The van der Waals surface area contributed by atoms with Gasteiger partial charge in [-0.3, -0.25) is 4.79 Å². The first-order chi connectivity index (χ1) is 7.33. The van der Waals surface area contributed by atoms with Crippen molar-refractivity contribution in [1.82, 2.24) is 5.32 Å². The molecule has 2 aliphatic rings. The summed E-state index contributed by atoms with van der Waals surface area (Å²) in [5.74, 6) is 1.52. The Morgan fingerprint density at radius 1 is 1.40 bits per heavy atom. The Labute approximate surface area is 88.4 Å². The summed E-state index contributed by atoms with van der Waals surface area (Å²) in [6.07, 6.45) is 1.62. The first kappa shape index (κ1) is 8.77. The first-order valence-corrected chi connectivity index (χ1v) is 5.35. The first-order valence-electron chi connectivity index (χ1n) is 5.35. The molecule has 1 atom stereocenters. The lowest BCUT2D eigenvalue weighted by Crippen LogP contribution is -2.13. The molecule has 1 fully saturated rings. The molecule has 1 aromatic rings. The van der Waals surface area contributed by atoms with Crippen LogP contribution in [0.2, 0.25) is 0 Å². The summed E-state index contributed by atoms with van der Waals surface area (Å²) in [6, 6.07) is 6.29. The number of benzene rings is 1. The molecular formula is C12H13NO2. The minimum atomic E-state index is 0.164. The molecule has 2 heterocycles. The van der Waals surface area contributed by atoms with Gasteiger partial charge in [0.05, 0.1) is 6.61 Å². The van der Waals surface area contributed by atoms with Gasteiger partial charge in [-0.25, -0.2) is 0 Å². The molecule has 3 rings (SSSR count). The van der Waals surface area contributed by atoms with Gasteiger partial charge in [-0.05, 0) is 17.2 Å². The van der Waals surface area contributed by atoms with Crippen LogP contribution in [0.3, 0.4) is 0 Å². The molecule has 3 nitrogen and oxygen atoms in total. The topological polar surface area (TPSA) is 38.3 Å². The highest BCUT2D eigenvalue weighted by Crippen LogP contribution is 2.30. The minimum Gasteiger partial charge on any atom is -0.493 e. The van der Waals surface area contributed by atoms with Crippen LogP contribution in [0.4, 0.5) is 0 Å². The molecule has 1 saturated heterocycles. The fraction of sp³-hybridized carbons (Fsp3) is 0.417. The SMILES string of the molecule is O=C1C[C@H](c2ccc3c(c2)CCO3)CN1. The van der Waals surface area contributed by atoms with E-state index in [0.29, 0.717) is 12.3 Å². The van der Waals surface area contributed by atoms with Crippen LogP contribution in [0.5, 0.6) is 5.75 Å². The predicted octanol–water partition coefficient (Wildman–Crippen LogP) is 1.22. The van der Waals surface area contributed by atoms with Crippen LogP contribution in [-0.4, -0.2) is 19.1 Å². The predicted molar refractivity (Wildman–Crippen MR) is 56.0 cm³/mol.